The van der Waals surface area contributed by atoms with Gasteiger partial charge in [0.15, 0.2) is 0 Å². The topological polar surface area (TPSA) is 38.6 Å². The van der Waals surface area contributed by atoms with Gasteiger partial charge in [-0.3, -0.25) is 4.99 Å². The van der Waals surface area contributed by atoms with Gasteiger partial charge in [-0.15, -0.1) is 0 Å². The van der Waals surface area contributed by atoms with Crippen LogP contribution in [0, 0.1) is 5.92 Å². The summed E-state index contributed by atoms with van der Waals surface area (Å²) in [7, 11) is 1.81. The number of fused-ring (bicyclic) bond motifs is 6. The second kappa shape index (κ2) is 15.0. The van der Waals surface area contributed by atoms with Crippen LogP contribution in [0.3, 0.4) is 0 Å². The van der Waals surface area contributed by atoms with Crippen LogP contribution < -0.4 is 0 Å². The van der Waals surface area contributed by atoms with Crippen molar-refractivity contribution in [2.45, 2.75) is 19.8 Å². The van der Waals surface area contributed by atoms with Gasteiger partial charge in [0.2, 0.25) is 0 Å². The Hall–Kier alpha value is -6.71. The van der Waals surface area contributed by atoms with E-state index in [1.165, 1.54) is 33.2 Å². The van der Waals surface area contributed by atoms with Crippen molar-refractivity contribution in [3.8, 4) is 33.4 Å². The quantitative estimate of drug-likeness (QED) is 0.161. The van der Waals surface area contributed by atoms with Gasteiger partial charge in [-0.25, -0.2) is 0 Å². The minimum absolute atomic E-state index is 0.571. The van der Waals surface area contributed by atoms with Crippen molar-refractivity contribution in [3.05, 3.63) is 198 Å². The summed E-state index contributed by atoms with van der Waals surface area (Å²) in [5.41, 5.74) is 14.6. The molecule has 3 heteroatoms. The zero-order valence-electron chi connectivity index (χ0n) is 31.1. The third-order valence-electron chi connectivity index (χ3n) is 10.5. The minimum Gasteiger partial charge on any atom is -0.460 e. The van der Waals surface area contributed by atoms with Gasteiger partial charge in [0.05, 0.1) is 0 Å². The lowest BCUT2D eigenvalue weighted by Gasteiger charge is -2.09. The number of nitrogens with zero attached hydrogens (tertiary/aromatic N) is 1. The van der Waals surface area contributed by atoms with Gasteiger partial charge < -0.3 is 8.83 Å². The summed E-state index contributed by atoms with van der Waals surface area (Å²) >= 11 is 0. The van der Waals surface area contributed by atoms with Crippen molar-refractivity contribution >= 4 is 45.2 Å². The zero-order valence-corrected chi connectivity index (χ0v) is 31.1. The van der Waals surface area contributed by atoms with E-state index < -0.39 is 0 Å². The monoisotopic (exact) mass is 711 g/mol. The molecule has 0 radical (unpaired) electrons. The first kappa shape index (κ1) is 34.1. The maximum Gasteiger partial charge on any atom is 0.143 e. The molecule has 0 N–H and O–H groups in total. The summed E-state index contributed by atoms with van der Waals surface area (Å²) in [5.74, 6) is 1.71. The molecule has 2 heterocycles. The van der Waals surface area contributed by atoms with Gasteiger partial charge in [-0.1, -0.05) is 153 Å². The highest BCUT2D eigenvalue weighted by Crippen LogP contribution is 2.43. The van der Waals surface area contributed by atoms with E-state index in [0.717, 1.165) is 73.9 Å². The van der Waals surface area contributed by atoms with E-state index in [2.05, 4.69) is 176 Å². The molecular formula is C52H41NO2. The van der Waals surface area contributed by atoms with Crippen molar-refractivity contribution in [3.63, 3.8) is 0 Å². The molecule has 0 saturated heterocycles. The fourth-order valence-electron chi connectivity index (χ4n) is 7.84. The third kappa shape index (κ3) is 6.82. The molecule has 10 rings (SSSR count). The van der Waals surface area contributed by atoms with Crippen LogP contribution in [0.25, 0.3) is 72.4 Å². The Balaban J connectivity index is 0.000000161. The van der Waals surface area contributed by atoms with Crippen molar-refractivity contribution < 1.29 is 8.83 Å². The molecule has 0 spiro atoms. The van der Waals surface area contributed by atoms with Crippen molar-refractivity contribution in [1.29, 1.82) is 0 Å². The summed E-state index contributed by atoms with van der Waals surface area (Å²) in [4.78, 5) is 4.34. The van der Waals surface area contributed by atoms with Crippen LogP contribution in [0.5, 0.6) is 0 Å². The van der Waals surface area contributed by atoms with E-state index in [1.807, 2.05) is 25.4 Å². The Morgan fingerprint density at radius 3 is 1.93 bits per heavy atom. The molecule has 0 saturated carbocycles. The van der Waals surface area contributed by atoms with Crippen LogP contribution >= 0.6 is 0 Å². The number of rotatable bonds is 6. The second-order valence-corrected chi connectivity index (χ2v) is 14.4. The van der Waals surface area contributed by atoms with Crippen LogP contribution in [0.15, 0.2) is 184 Å². The molecule has 55 heavy (non-hydrogen) atoms. The Kier molecular flexibility index (Phi) is 9.27. The predicted octanol–water partition coefficient (Wildman–Crippen LogP) is 13.9. The molecule has 2 aromatic heterocycles. The predicted molar refractivity (Wildman–Crippen MR) is 231 cm³/mol. The molecule has 9 aromatic rings. The Morgan fingerprint density at radius 1 is 0.582 bits per heavy atom. The maximum atomic E-state index is 6.74. The molecule has 1 aliphatic carbocycles. The number of furan rings is 2. The molecule has 1 atom stereocenters. The summed E-state index contributed by atoms with van der Waals surface area (Å²) in [6.45, 7) is 2.23. The maximum absolute atomic E-state index is 6.74. The highest BCUT2D eigenvalue weighted by molar-refractivity contribution is 6.19. The lowest BCUT2D eigenvalue weighted by Crippen LogP contribution is -2.00. The van der Waals surface area contributed by atoms with E-state index in [-0.39, 0.29) is 0 Å². The number of benzene rings is 7. The Bertz CT molecular complexity index is 2810. The lowest BCUT2D eigenvalue weighted by molar-refractivity contribution is 0.513. The number of hydrogen-bond donors (Lipinski definition) is 0. The van der Waals surface area contributed by atoms with Gasteiger partial charge in [-0.05, 0) is 76.1 Å². The van der Waals surface area contributed by atoms with Gasteiger partial charge >= 0.3 is 0 Å². The highest BCUT2D eigenvalue weighted by Gasteiger charge is 2.20. The molecule has 0 fully saturated rings. The summed E-state index contributed by atoms with van der Waals surface area (Å²) in [5, 5.41) is 3.45. The average molecular weight is 712 g/mol. The smallest absolute Gasteiger partial charge is 0.143 e. The van der Waals surface area contributed by atoms with E-state index >= 15 is 0 Å². The average Bonchev–Trinajstić information content (AvgIpc) is 3.80. The molecule has 0 aliphatic heterocycles. The van der Waals surface area contributed by atoms with E-state index in [4.69, 9.17) is 8.83 Å². The van der Waals surface area contributed by atoms with E-state index in [1.54, 1.807) is 0 Å². The fourth-order valence-corrected chi connectivity index (χ4v) is 7.84. The largest absolute Gasteiger partial charge is 0.460 e. The zero-order chi connectivity index (χ0) is 37.1. The molecular weight excluding hydrogens is 671 g/mol. The molecule has 3 nitrogen and oxygen atoms in total. The van der Waals surface area contributed by atoms with Gasteiger partial charge in [0.1, 0.15) is 22.5 Å². The van der Waals surface area contributed by atoms with Gasteiger partial charge in [-0.2, -0.15) is 0 Å². The first-order valence-corrected chi connectivity index (χ1v) is 19.0. The SMILES string of the molecule is CC1C=Cc2c(oc3ccc(Cc4ccccc4)cc23)C1.CN=Cc1ccc(-c2ccccc2)c2oc3c(-c4ccccc4)cc(-c4ccccc4)cc3c12. The summed E-state index contributed by atoms with van der Waals surface area (Å²) in [6.07, 6.45) is 8.40. The number of allylic oxidation sites excluding steroid dienone is 1. The standard InChI is InChI=1S/C32H23NO.C20H18O/c1-33-21-25-17-18-27(23-13-7-3-8-14-23)32-30(25)29-20-26(22-11-5-2-6-12-22)19-28(31(29)34-32)24-15-9-4-10-16-24;1-14-7-9-17-18-13-16(12-15-5-3-2-4-6-15)8-10-19(18)21-20(17)11-14/h2-21H,1H3;2-10,13-14H,11-12H2,1H3. The molecule has 7 aromatic carbocycles. The molecule has 1 aliphatic rings. The lowest BCUT2D eigenvalue weighted by atomic mass is 9.94. The minimum atomic E-state index is 0.571. The molecule has 0 amide bonds. The first-order valence-electron chi connectivity index (χ1n) is 19.0. The number of aliphatic imine (C=N–C) groups is 1. The van der Waals surface area contributed by atoms with Crippen LogP contribution in [0.1, 0.15) is 34.9 Å². The van der Waals surface area contributed by atoms with Gasteiger partial charge in [0, 0.05) is 58.1 Å². The van der Waals surface area contributed by atoms with E-state index in [9.17, 15) is 0 Å². The van der Waals surface area contributed by atoms with Crippen LogP contribution in [0.2, 0.25) is 0 Å². The van der Waals surface area contributed by atoms with Crippen molar-refractivity contribution in [1.82, 2.24) is 0 Å². The Morgan fingerprint density at radius 2 is 1.24 bits per heavy atom. The van der Waals surface area contributed by atoms with Crippen LogP contribution in [-0.4, -0.2) is 13.3 Å². The fraction of sp³-hybridized carbons (Fsp3) is 0.0962. The third-order valence-corrected chi connectivity index (χ3v) is 10.5. The normalized spacial score (nSPS) is 13.7. The second-order valence-electron chi connectivity index (χ2n) is 14.4. The van der Waals surface area contributed by atoms with Crippen molar-refractivity contribution in [2.24, 2.45) is 10.9 Å². The number of hydrogen-bond acceptors (Lipinski definition) is 3. The van der Waals surface area contributed by atoms with Crippen molar-refractivity contribution in [2.75, 3.05) is 7.05 Å². The molecule has 0 bridgehead atoms. The van der Waals surface area contributed by atoms with Crippen LogP contribution in [-0.2, 0) is 12.8 Å². The first-order chi connectivity index (χ1) is 27.1. The van der Waals surface area contributed by atoms with Crippen LogP contribution in [0.4, 0.5) is 0 Å². The molecule has 1 unspecified atom stereocenters. The summed E-state index contributed by atoms with van der Waals surface area (Å²) in [6, 6.07) is 57.4. The van der Waals surface area contributed by atoms with Gasteiger partial charge in [0.25, 0.3) is 0 Å². The highest BCUT2D eigenvalue weighted by atomic mass is 16.3. The molecule has 266 valence electrons. The Labute approximate surface area is 321 Å². The van der Waals surface area contributed by atoms with E-state index in [0.29, 0.717) is 5.92 Å². The summed E-state index contributed by atoms with van der Waals surface area (Å²) < 4.78 is 12.8.